The predicted molar refractivity (Wildman–Crippen MR) is 48.9 cm³/mol. The Hall–Kier alpha value is -0.930. The van der Waals surface area contributed by atoms with Gasteiger partial charge in [-0.2, -0.15) is 0 Å². The summed E-state index contributed by atoms with van der Waals surface area (Å²) in [5.41, 5.74) is 0. The largest absolute Gasteiger partial charge is 0.352 e. The Morgan fingerprint density at radius 3 is 2.69 bits per heavy atom. The number of hydrogen-bond donors (Lipinski definition) is 0. The fourth-order valence-corrected chi connectivity index (χ4v) is 0.956. The zero-order valence-corrected chi connectivity index (χ0v) is 8.22. The van der Waals surface area contributed by atoms with Crippen LogP contribution in [0.4, 0.5) is 0 Å². The minimum atomic E-state index is -0.559. The lowest BCUT2D eigenvalue weighted by Gasteiger charge is -2.03. The highest BCUT2D eigenvalue weighted by Gasteiger charge is 2.04. The van der Waals surface area contributed by atoms with Crippen LogP contribution in [0, 0.1) is 0 Å². The third kappa shape index (κ3) is 3.13. The second kappa shape index (κ2) is 4.35. The number of rotatable bonds is 2. The van der Waals surface area contributed by atoms with Crippen LogP contribution in [0.5, 0.6) is 5.75 Å². The highest BCUT2D eigenvalue weighted by molar-refractivity contribution is 6.34. The molecule has 1 aromatic carbocycles. The molecule has 0 aliphatic carbocycles. The molecule has 0 radical (unpaired) electrons. The van der Waals surface area contributed by atoms with Gasteiger partial charge in [0.2, 0.25) is 0 Å². The van der Waals surface area contributed by atoms with E-state index in [0.29, 0.717) is 10.0 Å². The van der Waals surface area contributed by atoms with Crippen molar-refractivity contribution in [3.63, 3.8) is 0 Å². The lowest BCUT2D eigenvalue weighted by Crippen LogP contribution is -2.02. The van der Waals surface area contributed by atoms with Crippen molar-refractivity contribution in [2.24, 2.45) is 0 Å². The van der Waals surface area contributed by atoms with Gasteiger partial charge in [0.1, 0.15) is 0 Å². The summed E-state index contributed by atoms with van der Waals surface area (Å²) in [5.74, 6) is -0.347. The highest BCUT2D eigenvalue weighted by atomic mass is 35.5. The fourth-order valence-electron chi connectivity index (χ4n) is 0.645. The fraction of sp³-hybridized carbons (Fsp3) is 0.125. The molecular weight excluding hydrogens is 215 g/mol. The van der Waals surface area contributed by atoms with E-state index in [1.165, 1.54) is 13.0 Å². The molecule has 0 amide bonds. The Labute approximate surface area is 85.1 Å². The van der Waals surface area contributed by atoms with Crippen LogP contribution in [0.2, 0.25) is 10.0 Å². The SMILES string of the molecule is CC(=O)OOc1cc(Cl)ccc1Cl. The molecule has 0 atom stereocenters. The first-order chi connectivity index (χ1) is 6.09. The molecule has 0 bridgehead atoms. The quantitative estimate of drug-likeness (QED) is 0.568. The average molecular weight is 221 g/mol. The highest BCUT2D eigenvalue weighted by Crippen LogP contribution is 2.27. The zero-order chi connectivity index (χ0) is 9.84. The van der Waals surface area contributed by atoms with Crippen molar-refractivity contribution in [2.45, 2.75) is 6.92 Å². The topological polar surface area (TPSA) is 35.5 Å². The van der Waals surface area contributed by atoms with Crippen LogP contribution in [-0.2, 0) is 9.68 Å². The molecule has 13 heavy (non-hydrogen) atoms. The molecule has 0 N–H and O–H groups in total. The van der Waals surface area contributed by atoms with Crippen LogP contribution in [-0.4, -0.2) is 5.97 Å². The summed E-state index contributed by atoms with van der Waals surface area (Å²) in [6, 6.07) is 4.60. The normalized spacial score (nSPS) is 9.46. The maximum atomic E-state index is 10.4. The van der Waals surface area contributed by atoms with Crippen molar-refractivity contribution < 1.29 is 14.6 Å². The molecule has 0 saturated carbocycles. The van der Waals surface area contributed by atoms with Crippen LogP contribution < -0.4 is 4.89 Å². The molecular formula is C8H6Cl2O3. The number of carbonyl (C=O) groups excluding carboxylic acids is 1. The van der Waals surface area contributed by atoms with Crippen LogP contribution >= 0.6 is 23.2 Å². The maximum absolute atomic E-state index is 10.4. The molecule has 0 aromatic heterocycles. The Morgan fingerprint density at radius 1 is 1.38 bits per heavy atom. The Morgan fingerprint density at radius 2 is 2.08 bits per heavy atom. The second-order valence-electron chi connectivity index (χ2n) is 2.23. The number of carbonyl (C=O) groups is 1. The first kappa shape index (κ1) is 10.2. The first-order valence-corrected chi connectivity index (χ1v) is 4.15. The molecule has 1 rings (SSSR count). The minimum Gasteiger partial charge on any atom is -0.285 e. The van der Waals surface area contributed by atoms with Crippen molar-refractivity contribution in [2.75, 3.05) is 0 Å². The van der Waals surface area contributed by atoms with Gasteiger partial charge in [0.25, 0.3) is 0 Å². The van der Waals surface area contributed by atoms with Gasteiger partial charge in [-0.25, -0.2) is 4.79 Å². The molecule has 3 nitrogen and oxygen atoms in total. The molecule has 0 unspecified atom stereocenters. The van der Waals surface area contributed by atoms with Gasteiger partial charge < -0.3 is 0 Å². The number of halogens is 2. The van der Waals surface area contributed by atoms with Gasteiger partial charge in [-0.3, -0.25) is 9.78 Å². The zero-order valence-electron chi connectivity index (χ0n) is 6.71. The van der Waals surface area contributed by atoms with E-state index in [4.69, 9.17) is 23.2 Å². The van der Waals surface area contributed by atoms with Crippen molar-refractivity contribution in [1.82, 2.24) is 0 Å². The van der Waals surface area contributed by atoms with E-state index in [-0.39, 0.29) is 5.75 Å². The smallest absolute Gasteiger partial charge is 0.285 e. The van der Waals surface area contributed by atoms with Crippen molar-refractivity contribution >= 4 is 29.2 Å². The van der Waals surface area contributed by atoms with Gasteiger partial charge in [-0.15, -0.1) is 0 Å². The molecule has 0 spiro atoms. The van der Waals surface area contributed by atoms with Gasteiger partial charge in [0.05, 0.1) is 5.02 Å². The summed E-state index contributed by atoms with van der Waals surface area (Å²) >= 11 is 11.4. The Balaban J connectivity index is 2.75. The molecule has 0 fully saturated rings. The predicted octanol–water partition coefficient (Wildman–Crippen LogP) is 2.85. The lowest BCUT2D eigenvalue weighted by atomic mass is 10.3. The van der Waals surface area contributed by atoms with Gasteiger partial charge in [0, 0.05) is 18.0 Å². The van der Waals surface area contributed by atoms with Crippen molar-refractivity contribution in [1.29, 1.82) is 0 Å². The molecule has 0 aliphatic rings. The number of hydrogen-bond acceptors (Lipinski definition) is 3. The van der Waals surface area contributed by atoms with Gasteiger partial charge in [-0.1, -0.05) is 23.2 Å². The van der Waals surface area contributed by atoms with E-state index in [9.17, 15) is 4.79 Å². The second-order valence-corrected chi connectivity index (χ2v) is 3.08. The van der Waals surface area contributed by atoms with Crippen LogP contribution in [0.1, 0.15) is 6.92 Å². The van der Waals surface area contributed by atoms with E-state index in [1.54, 1.807) is 12.1 Å². The average Bonchev–Trinajstić information content (AvgIpc) is 2.06. The molecule has 70 valence electrons. The molecule has 5 heteroatoms. The lowest BCUT2D eigenvalue weighted by molar-refractivity contribution is -0.210. The summed E-state index contributed by atoms with van der Waals surface area (Å²) in [7, 11) is 0. The van der Waals surface area contributed by atoms with Gasteiger partial charge in [0.15, 0.2) is 5.75 Å². The van der Waals surface area contributed by atoms with Crippen LogP contribution in [0.3, 0.4) is 0 Å². The van der Waals surface area contributed by atoms with Crippen molar-refractivity contribution in [3.05, 3.63) is 28.2 Å². The van der Waals surface area contributed by atoms with E-state index >= 15 is 0 Å². The molecule has 1 aromatic rings. The summed E-state index contributed by atoms with van der Waals surface area (Å²) < 4.78 is 0. The summed E-state index contributed by atoms with van der Waals surface area (Å²) in [5, 5.41) is 0.775. The standard InChI is InChI=1S/C8H6Cl2O3/c1-5(11)12-13-8-4-6(9)2-3-7(8)10/h2-4H,1H3. The van der Waals surface area contributed by atoms with E-state index in [2.05, 4.69) is 9.78 Å². The summed E-state index contributed by atoms with van der Waals surface area (Å²) in [6.07, 6.45) is 0. The van der Waals surface area contributed by atoms with Crippen LogP contribution in [0.15, 0.2) is 18.2 Å². The number of benzene rings is 1. The third-order valence-electron chi connectivity index (χ3n) is 1.14. The van der Waals surface area contributed by atoms with E-state index < -0.39 is 5.97 Å². The van der Waals surface area contributed by atoms with Gasteiger partial charge in [-0.05, 0) is 12.1 Å². The molecule has 0 saturated heterocycles. The first-order valence-electron chi connectivity index (χ1n) is 3.40. The monoisotopic (exact) mass is 220 g/mol. The van der Waals surface area contributed by atoms with E-state index in [1.807, 2.05) is 0 Å². The summed E-state index contributed by atoms with van der Waals surface area (Å²) in [6.45, 7) is 1.22. The molecule has 0 heterocycles. The van der Waals surface area contributed by atoms with Gasteiger partial charge >= 0.3 is 5.97 Å². The Bertz CT molecular complexity index is 325. The third-order valence-corrected chi connectivity index (χ3v) is 1.69. The molecule has 0 aliphatic heterocycles. The Kier molecular flexibility index (Phi) is 3.39. The maximum Gasteiger partial charge on any atom is 0.352 e. The minimum absolute atomic E-state index is 0.212. The van der Waals surface area contributed by atoms with E-state index in [0.717, 1.165) is 0 Å². The van der Waals surface area contributed by atoms with Crippen LogP contribution in [0.25, 0.3) is 0 Å². The van der Waals surface area contributed by atoms with Crippen molar-refractivity contribution in [3.8, 4) is 5.75 Å². The summed E-state index contributed by atoms with van der Waals surface area (Å²) in [4.78, 5) is 19.3.